The number of amides is 1. The van der Waals surface area contributed by atoms with Crippen LogP contribution in [0.4, 0.5) is 0 Å². The van der Waals surface area contributed by atoms with Crippen molar-refractivity contribution in [3.05, 3.63) is 65.7 Å². The first-order chi connectivity index (χ1) is 11.6. The summed E-state index contributed by atoms with van der Waals surface area (Å²) in [6.45, 7) is -0.0143. The summed E-state index contributed by atoms with van der Waals surface area (Å²) in [5, 5.41) is 0. The maximum absolute atomic E-state index is 11.9. The molecule has 3 rings (SSSR count). The summed E-state index contributed by atoms with van der Waals surface area (Å²) >= 11 is 0. The van der Waals surface area contributed by atoms with E-state index in [0.29, 0.717) is 5.56 Å². The van der Waals surface area contributed by atoms with Gasteiger partial charge in [0.2, 0.25) is 0 Å². The molecule has 2 N–H and O–H groups in total. The molecule has 0 bridgehead atoms. The first-order valence-corrected chi connectivity index (χ1v) is 8.66. The minimum Gasteiger partial charge on any atom is -0.271 e. The quantitative estimate of drug-likeness (QED) is 0.789. The van der Waals surface area contributed by atoms with Gasteiger partial charge in [0.1, 0.15) is 12.4 Å². The fourth-order valence-corrected chi connectivity index (χ4v) is 3.46. The van der Waals surface area contributed by atoms with Gasteiger partial charge in [-0.2, -0.15) is 0 Å². The normalized spacial score (nSPS) is 16.4. The summed E-state index contributed by atoms with van der Waals surface area (Å²) in [5.74, 6) is -0.314. The molecular weight excluding hydrogens is 330 g/mol. The van der Waals surface area contributed by atoms with E-state index in [-0.39, 0.29) is 23.9 Å². The number of amidine groups is 1. The molecule has 0 radical (unpaired) electrons. The average molecular weight is 345 g/mol. The number of fused-ring (bicyclic) bond motifs is 1. The highest BCUT2D eigenvalue weighted by Crippen LogP contribution is 2.21. The van der Waals surface area contributed by atoms with Crippen molar-refractivity contribution in [1.82, 2.24) is 10.2 Å². The van der Waals surface area contributed by atoms with E-state index in [0.717, 1.165) is 5.56 Å². The van der Waals surface area contributed by atoms with E-state index in [4.69, 9.17) is 4.84 Å². The minimum atomic E-state index is -3.60. The Kier molecular flexibility index (Phi) is 4.59. The number of carbonyl (C=O) groups is 1. The molecule has 0 spiro atoms. The zero-order valence-corrected chi connectivity index (χ0v) is 13.4. The lowest BCUT2D eigenvalue weighted by atomic mass is 10.2. The van der Waals surface area contributed by atoms with Crippen molar-refractivity contribution in [2.24, 2.45) is 4.99 Å². The molecule has 2 aromatic rings. The number of sulfonamides is 1. The van der Waals surface area contributed by atoms with Gasteiger partial charge in [0, 0.05) is 5.56 Å². The molecule has 2 aromatic carbocycles. The number of hydroxylamine groups is 1. The Morgan fingerprint density at radius 1 is 1.08 bits per heavy atom. The zero-order valence-electron chi connectivity index (χ0n) is 12.6. The first-order valence-electron chi connectivity index (χ1n) is 7.17. The molecule has 0 atom stereocenters. The highest BCUT2D eigenvalue weighted by atomic mass is 32.2. The van der Waals surface area contributed by atoms with E-state index in [9.17, 15) is 13.2 Å². The molecular formula is C16H15N3O4S. The van der Waals surface area contributed by atoms with Gasteiger partial charge in [-0.05, 0) is 17.7 Å². The SMILES string of the molecule is O=C(CN=C1NS(=O)(=O)c2ccccc21)NOCc1ccccc1. The summed E-state index contributed by atoms with van der Waals surface area (Å²) in [5.41, 5.74) is 3.65. The number of aliphatic imine (C=N–C) groups is 1. The van der Waals surface area contributed by atoms with Gasteiger partial charge in [-0.15, -0.1) is 0 Å². The summed E-state index contributed by atoms with van der Waals surface area (Å²) in [4.78, 5) is 21.0. The third-order valence-corrected chi connectivity index (χ3v) is 4.71. The fraction of sp³-hybridized carbons (Fsp3) is 0.125. The largest absolute Gasteiger partial charge is 0.271 e. The van der Waals surface area contributed by atoms with Gasteiger partial charge in [-0.1, -0.05) is 42.5 Å². The standard InChI is InChI=1S/C16H15N3O4S/c20-15(18-23-11-12-6-2-1-3-7-12)10-17-16-13-8-4-5-9-14(13)24(21,22)19-16/h1-9H,10-11H2,(H,17,19)(H,18,20). The van der Waals surface area contributed by atoms with Crippen LogP contribution in [0.15, 0.2) is 64.5 Å². The van der Waals surface area contributed by atoms with Gasteiger partial charge in [0.15, 0.2) is 0 Å². The number of nitrogens with zero attached hydrogens (tertiary/aromatic N) is 1. The maximum atomic E-state index is 11.9. The van der Waals surface area contributed by atoms with Crippen molar-refractivity contribution in [3.8, 4) is 0 Å². The lowest BCUT2D eigenvalue weighted by Gasteiger charge is -2.05. The number of hydrogen-bond acceptors (Lipinski definition) is 5. The highest BCUT2D eigenvalue weighted by molar-refractivity contribution is 7.90. The van der Waals surface area contributed by atoms with Gasteiger partial charge in [-0.3, -0.25) is 19.3 Å². The second-order valence-corrected chi connectivity index (χ2v) is 6.72. The molecule has 0 saturated heterocycles. The predicted molar refractivity (Wildman–Crippen MR) is 87.5 cm³/mol. The van der Waals surface area contributed by atoms with E-state index in [1.165, 1.54) is 6.07 Å². The molecule has 7 nitrogen and oxygen atoms in total. The van der Waals surface area contributed by atoms with E-state index >= 15 is 0 Å². The molecule has 1 amide bonds. The number of benzene rings is 2. The first kappa shape index (κ1) is 16.2. The smallest absolute Gasteiger partial charge is 0.265 e. The molecule has 0 aliphatic carbocycles. The molecule has 0 unspecified atom stereocenters. The molecule has 124 valence electrons. The van der Waals surface area contributed by atoms with Crippen LogP contribution in [-0.2, 0) is 26.3 Å². The van der Waals surface area contributed by atoms with Gasteiger partial charge in [0.05, 0.1) is 11.5 Å². The van der Waals surface area contributed by atoms with Crippen molar-refractivity contribution in [3.63, 3.8) is 0 Å². The topological polar surface area (TPSA) is 96.9 Å². The number of carbonyl (C=O) groups excluding carboxylic acids is 1. The van der Waals surface area contributed by atoms with Crippen LogP contribution in [0.2, 0.25) is 0 Å². The summed E-state index contributed by atoms with van der Waals surface area (Å²) in [6, 6.07) is 15.8. The number of hydrogen-bond donors (Lipinski definition) is 2. The van der Waals surface area contributed by atoms with E-state index in [2.05, 4.69) is 15.2 Å². The van der Waals surface area contributed by atoms with E-state index in [1.807, 2.05) is 30.3 Å². The lowest BCUT2D eigenvalue weighted by Crippen LogP contribution is -2.28. The minimum absolute atomic E-state index is 0.156. The second kappa shape index (κ2) is 6.81. The average Bonchev–Trinajstić information content (AvgIpc) is 2.85. The van der Waals surface area contributed by atoms with Crippen molar-refractivity contribution >= 4 is 21.8 Å². The van der Waals surface area contributed by atoms with Crippen LogP contribution < -0.4 is 10.2 Å². The van der Waals surface area contributed by atoms with Crippen molar-refractivity contribution in [2.45, 2.75) is 11.5 Å². The Bertz CT molecular complexity index is 879. The van der Waals surface area contributed by atoms with Crippen LogP contribution in [0.5, 0.6) is 0 Å². The van der Waals surface area contributed by atoms with Crippen molar-refractivity contribution in [1.29, 1.82) is 0 Å². The van der Waals surface area contributed by atoms with Gasteiger partial charge in [0.25, 0.3) is 15.9 Å². The molecule has 24 heavy (non-hydrogen) atoms. The maximum Gasteiger partial charge on any atom is 0.265 e. The molecule has 0 fully saturated rings. The van der Waals surface area contributed by atoms with Crippen LogP contribution >= 0.6 is 0 Å². The third-order valence-electron chi connectivity index (χ3n) is 3.31. The molecule has 0 saturated carbocycles. The Balaban J connectivity index is 1.57. The Morgan fingerprint density at radius 2 is 1.79 bits per heavy atom. The molecule has 1 aliphatic heterocycles. The molecule has 8 heteroatoms. The Morgan fingerprint density at radius 3 is 2.58 bits per heavy atom. The fourth-order valence-electron chi connectivity index (χ4n) is 2.21. The van der Waals surface area contributed by atoms with Gasteiger partial charge < -0.3 is 0 Å². The van der Waals surface area contributed by atoms with Crippen LogP contribution in [-0.4, -0.2) is 26.7 Å². The lowest BCUT2D eigenvalue weighted by molar-refractivity contribution is -0.132. The van der Waals surface area contributed by atoms with Crippen LogP contribution in [0.1, 0.15) is 11.1 Å². The van der Waals surface area contributed by atoms with Crippen LogP contribution in [0.25, 0.3) is 0 Å². The summed E-state index contributed by atoms with van der Waals surface area (Å²) in [6.07, 6.45) is 0. The van der Waals surface area contributed by atoms with Gasteiger partial charge >= 0.3 is 0 Å². The highest BCUT2D eigenvalue weighted by Gasteiger charge is 2.30. The van der Waals surface area contributed by atoms with Crippen molar-refractivity contribution < 1.29 is 18.0 Å². The predicted octanol–water partition coefficient (Wildman–Crippen LogP) is 0.973. The zero-order chi connectivity index (χ0) is 17.0. The summed E-state index contributed by atoms with van der Waals surface area (Å²) < 4.78 is 26.2. The number of rotatable bonds is 5. The van der Waals surface area contributed by atoms with Crippen molar-refractivity contribution in [2.75, 3.05) is 6.54 Å². The Labute approximate surface area is 139 Å². The van der Waals surface area contributed by atoms with E-state index in [1.54, 1.807) is 18.2 Å². The molecule has 1 heterocycles. The second-order valence-electron chi connectivity index (χ2n) is 5.07. The monoisotopic (exact) mass is 345 g/mol. The van der Waals surface area contributed by atoms with Crippen LogP contribution in [0.3, 0.4) is 0 Å². The number of nitrogens with one attached hydrogen (secondary N) is 2. The third kappa shape index (κ3) is 3.61. The van der Waals surface area contributed by atoms with Crippen LogP contribution in [0, 0.1) is 0 Å². The molecule has 0 aromatic heterocycles. The van der Waals surface area contributed by atoms with E-state index < -0.39 is 15.9 Å². The summed E-state index contributed by atoms with van der Waals surface area (Å²) in [7, 11) is -3.60. The molecule has 1 aliphatic rings. The van der Waals surface area contributed by atoms with Gasteiger partial charge in [-0.25, -0.2) is 13.9 Å². The Hall–Kier alpha value is -2.71.